The average molecular weight is 710 g/mol. The number of fused-ring (bicyclic) bond motifs is 6. The van der Waals surface area contributed by atoms with Gasteiger partial charge in [0.1, 0.15) is 5.60 Å². The molecule has 0 aliphatic heterocycles. The first-order chi connectivity index (χ1) is 26.8. The molecule has 7 aromatic carbocycles. The molecular formula is C53H43NO. The highest BCUT2D eigenvalue weighted by atomic mass is 16.3. The van der Waals surface area contributed by atoms with E-state index < -0.39 is 11.1 Å². The highest BCUT2D eigenvalue weighted by Crippen LogP contribution is 2.59. The van der Waals surface area contributed by atoms with E-state index in [1.807, 2.05) is 6.07 Å². The van der Waals surface area contributed by atoms with Crippen molar-refractivity contribution in [2.24, 2.45) is 0 Å². The van der Waals surface area contributed by atoms with E-state index in [1.54, 1.807) is 0 Å². The molecule has 0 amide bonds. The molecule has 55 heavy (non-hydrogen) atoms. The van der Waals surface area contributed by atoms with Crippen molar-refractivity contribution in [3.05, 3.63) is 221 Å². The van der Waals surface area contributed by atoms with Gasteiger partial charge in [-0.15, -0.1) is 0 Å². The van der Waals surface area contributed by atoms with Gasteiger partial charge < -0.3 is 10.0 Å². The van der Waals surface area contributed by atoms with Crippen molar-refractivity contribution in [2.45, 2.75) is 43.7 Å². The van der Waals surface area contributed by atoms with Gasteiger partial charge in [0.2, 0.25) is 0 Å². The van der Waals surface area contributed by atoms with Crippen LogP contribution >= 0.6 is 0 Å². The summed E-state index contributed by atoms with van der Waals surface area (Å²) in [5, 5.41) is 13.9. The van der Waals surface area contributed by atoms with Gasteiger partial charge in [-0.1, -0.05) is 184 Å². The maximum Gasteiger partial charge on any atom is 0.144 e. The fourth-order valence-corrected chi connectivity index (χ4v) is 9.79. The topological polar surface area (TPSA) is 23.5 Å². The second-order valence-electron chi connectivity index (χ2n) is 16.0. The van der Waals surface area contributed by atoms with Gasteiger partial charge in [-0.2, -0.15) is 0 Å². The first-order valence-electron chi connectivity index (χ1n) is 19.4. The Kier molecular flexibility index (Phi) is 7.53. The summed E-state index contributed by atoms with van der Waals surface area (Å²) in [6.07, 6.45) is 5.79. The van der Waals surface area contributed by atoms with Crippen LogP contribution in [0.15, 0.2) is 194 Å². The Morgan fingerprint density at radius 3 is 1.69 bits per heavy atom. The van der Waals surface area contributed by atoms with Crippen molar-refractivity contribution in [2.75, 3.05) is 4.90 Å². The van der Waals surface area contributed by atoms with Gasteiger partial charge in [-0.3, -0.25) is 0 Å². The maximum absolute atomic E-state index is 13.9. The zero-order valence-corrected chi connectivity index (χ0v) is 31.5. The monoisotopic (exact) mass is 709 g/mol. The molecule has 0 aromatic heterocycles. The number of rotatable bonds is 6. The Hall–Kier alpha value is -6.22. The number of hydrogen-bond acceptors (Lipinski definition) is 2. The van der Waals surface area contributed by atoms with E-state index in [4.69, 9.17) is 0 Å². The first kappa shape index (κ1) is 33.4. The molecule has 0 spiro atoms. The zero-order valence-electron chi connectivity index (χ0n) is 31.5. The van der Waals surface area contributed by atoms with Crippen LogP contribution < -0.4 is 4.90 Å². The molecule has 0 bridgehead atoms. The van der Waals surface area contributed by atoms with Crippen molar-refractivity contribution in [3.63, 3.8) is 0 Å². The Bertz CT molecular complexity index is 2670. The summed E-state index contributed by atoms with van der Waals surface area (Å²) in [5.74, 6) is 0. The fourth-order valence-electron chi connectivity index (χ4n) is 9.79. The maximum atomic E-state index is 13.9. The largest absolute Gasteiger partial charge is 0.376 e. The molecule has 10 rings (SSSR count). The molecule has 266 valence electrons. The predicted molar refractivity (Wildman–Crippen MR) is 228 cm³/mol. The smallest absolute Gasteiger partial charge is 0.144 e. The molecule has 0 radical (unpaired) electrons. The standard InChI is InChI=1S/C53H43NO/c1-51(2)45-25-13-11-22-41(45)43-33-34-52(3,35-48(43)51)54(39-31-29-37(30-32-39)36-17-6-4-7-18-36)49-28-16-24-44-42-23-12-15-27-47(42)53(55,50(44)49)46-26-14-10-21-40(46)38-19-8-5-9-20-38/h4-33,35,55H,34H2,1-3H3. The van der Waals surface area contributed by atoms with E-state index in [2.05, 4.69) is 208 Å². The lowest BCUT2D eigenvalue weighted by molar-refractivity contribution is 0.131. The zero-order chi connectivity index (χ0) is 37.4. The van der Waals surface area contributed by atoms with Gasteiger partial charge in [0.15, 0.2) is 0 Å². The Labute approximate surface area is 324 Å². The number of anilines is 2. The van der Waals surface area contributed by atoms with Crippen LogP contribution in [0.25, 0.3) is 39.0 Å². The lowest BCUT2D eigenvalue weighted by Gasteiger charge is -2.46. The summed E-state index contributed by atoms with van der Waals surface area (Å²) in [4.78, 5) is 2.52. The second kappa shape index (κ2) is 12.4. The molecule has 3 aliphatic rings. The molecular weight excluding hydrogens is 667 g/mol. The number of nitrogens with zero attached hydrogens (tertiary/aromatic N) is 1. The van der Waals surface area contributed by atoms with Crippen LogP contribution in [-0.4, -0.2) is 10.6 Å². The van der Waals surface area contributed by atoms with Crippen LogP contribution in [0, 0.1) is 0 Å². The van der Waals surface area contributed by atoms with E-state index in [0.717, 1.165) is 56.7 Å². The van der Waals surface area contributed by atoms with Crippen molar-refractivity contribution in [3.8, 4) is 33.4 Å². The predicted octanol–water partition coefficient (Wildman–Crippen LogP) is 12.9. The molecule has 0 saturated carbocycles. The molecule has 2 heteroatoms. The molecule has 2 nitrogen and oxygen atoms in total. The number of hydrogen-bond donors (Lipinski definition) is 1. The first-order valence-corrected chi connectivity index (χ1v) is 19.4. The van der Waals surface area contributed by atoms with Crippen LogP contribution in [0.2, 0.25) is 0 Å². The molecule has 2 atom stereocenters. The summed E-state index contributed by atoms with van der Waals surface area (Å²) in [6.45, 7) is 7.09. The van der Waals surface area contributed by atoms with E-state index in [1.165, 1.54) is 33.4 Å². The van der Waals surface area contributed by atoms with Gasteiger partial charge >= 0.3 is 0 Å². The molecule has 2 unspecified atom stereocenters. The molecule has 0 heterocycles. The summed E-state index contributed by atoms with van der Waals surface area (Å²) in [5.41, 5.74) is 14.7. The van der Waals surface area contributed by atoms with Crippen LogP contribution in [0.5, 0.6) is 0 Å². The van der Waals surface area contributed by atoms with Gasteiger partial charge in [0, 0.05) is 33.5 Å². The van der Waals surface area contributed by atoms with Crippen molar-refractivity contribution in [1.29, 1.82) is 0 Å². The van der Waals surface area contributed by atoms with Gasteiger partial charge in [0.05, 0.1) is 5.54 Å². The minimum atomic E-state index is -1.43. The Balaban J connectivity index is 1.23. The van der Waals surface area contributed by atoms with Crippen LogP contribution in [0.3, 0.4) is 0 Å². The van der Waals surface area contributed by atoms with Crippen LogP contribution in [-0.2, 0) is 11.0 Å². The van der Waals surface area contributed by atoms with Gasteiger partial charge in [-0.05, 0) is 87.2 Å². The fraction of sp³-hybridized carbons (Fsp3) is 0.132. The quantitative estimate of drug-likeness (QED) is 0.186. The Morgan fingerprint density at radius 1 is 0.473 bits per heavy atom. The van der Waals surface area contributed by atoms with Crippen LogP contribution in [0.4, 0.5) is 11.4 Å². The average Bonchev–Trinajstić information content (AvgIpc) is 3.63. The molecule has 0 saturated heterocycles. The molecule has 0 fully saturated rings. The molecule has 7 aromatic rings. The third-order valence-electron chi connectivity index (χ3n) is 12.4. The van der Waals surface area contributed by atoms with Gasteiger partial charge in [-0.25, -0.2) is 0 Å². The highest BCUT2D eigenvalue weighted by molar-refractivity contribution is 5.94. The molecule has 3 aliphatic carbocycles. The highest BCUT2D eigenvalue weighted by Gasteiger charge is 2.49. The normalized spacial score (nSPS) is 20.1. The Morgan fingerprint density at radius 2 is 1.00 bits per heavy atom. The van der Waals surface area contributed by atoms with Crippen molar-refractivity contribution >= 4 is 16.9 Å². The van der Waals surface area contributed by atoms with Gasteiger partial charge in [0.25, 0.3) is 0 Å². The summed E-state index contributed by atoms with van der Waals surface area (Å²) in [6, 6.07) is 62.3. The van der Waals surface area contributed by atoms with Crippen molar-refractivity contribution in [1.82, 2.24) is 0 Å². The van der Waals surface area contributed by atoms with E-state index >= 15 is 0 Å². The number of benzene rings is 7. The third-order valence-corrected chi connectivity index (χ3v) is 12.4. The van der Waals surface area contributed by atoms with E-state index in [0.29, 0.717) is 0 Å². The lowest BCUT2D eigenvalue weighted by Crippen LogP contribution is -2.45. The van der Waals surface area contributed by atoms with Crippen molar-refractivity contribution < 1.29 is 5.11 Å². The summed E-state index contributed by atoms with van der Waals surface area (Å²) >= 11 is 0. The minimum absolute atomic E-state index is 0.156. The molecule has 1 N–H and O–H groups in total. The summed E-state index contributed by atoms with van der Waals surface area (Å²) < 4.78 is 0. The minimum Gasteiger partial charge on any atom is -0.376 e. The third kappa shape index (κ3) is 4.98. The lowest BCUT2D eigenvalue weighted by atomic mass is 9.75. The van der Waals surface area contributed by atoms with Crippen LogP contribution in [0.1, 0.15) is 55.0 Å². The number of aliphatic hydroxyl groups is 1. The summed E-state index contributed by atoms with van der Waals surface area (Å²) in [7, 11) is 0. The van der Waals surface area contributed by atoms with E-state index in [9.17, 15) is 5.11 Å². The second-order valence-corrected chi connectivity index (χ2v) is 16.0. The SMILES string of the molecule is CC1(C)C2=CC(C)(N(c3ccc(-c4ccccc4)cc3)c3cccc4c3C(O)(c3ccccc3-c3ccccc3)c3ccccc3-4)CC=C2c2ccccc21. The van der Waals surface area contributed by atoms with E-state index in [-0.39, 0.29) is 5.41 Å². The number of allylic oxidation sites excluding steroid dienone is 2.